The van der Waals surface area contributed by atoms with Gasteiger partial charge >= 0.3 is 0 Å². The number of nitrogens with two attached hydrogens (primary N) is 1. The number of hydrogen-bond donors (Lipinski definition) is 1. The Morgan fingerprint density at radius 3 is 2.79 bits per heavy atom. The van der Waals surface area contributed by atoms with Crippen molar-refractivity contribution in [2.45, 2.75) is 24.8 Å². The predicted octanol–water partition coefficient (Wildman–Crippen LogP) is 3.55. The molecule has 0 heterocycles. The van der Waals surface area contributed by atoms with E-state index in [1.54, 1.807) is 6.07 Å². The Labute approximate surface area is 96.4 Å². The molecule has 0 spiro atoms. The van der Waals surface area contributed by atoms with Crippen LogP contribution in [0.25, 0.3) is 0 Å². The van der Waals surface area contributed by atoms with E-state index in [4.69, 9.17) is 5.73 Å². The minimum absolute atomic E-state index is 0.189. The smallest absolute Gasteiger partial charge is 0.151 e. The van der Waals surface area contributed by atoms with Crippen molar-refractivity contribution < 1.29 is 4.39 Å². The van der Waals surface area contributed by atoms with Gasteiger partial charge in [0, 0.05) is 11.4 Å². The van der Waals surface area contributed by atoms with Crippen molar-refractivity contribution in [1.82, 2.24) is 0 Å². The van der Waals surface area contributed by atoms with E-state index < -0.39 is 0 Å². The summed E-state index contributed by atoms with van der Waals surface area (Å²) in [5.74, 6) is 0.747. The molecule has 0 saturated heterocycles. The summed E-state index contributed by atoms with van der Waals surface area (Å²) >= 11 is 4.75. The summed E-state index contributed by atoms with van der Waals surface area (Å²) in [6, 6.07) is 3.66. The van der Waals surface area contributed by atoms with Gasteiger partial charge in [-0.15, -0.1) is 11.8 Å². The fourth-order valence-electron chi connectivity index (χ4n) is 1.05. The standard InChI is InChI=1S/C10H13BrFNS/c1-2-5-14-8-4-3-7(6-13)9(11)10(8)12/h3-4H,2,5-6,13H2,1H3. The van der Waals surface area contributed by atoms with Gasteiger partial charge in [-0.3, -0.25) is 0 Å². The molecule has 0 amide bonds. The second-order valence-corrected chi connectivity index (χ2v) is 4.83. The third-order valence-corrected chi connectivity index (χ3v) is 3.90. The first-order chi connectivity index (χ1) is 6.70. The molecule has 0 aromatic heterocycles. The second-order valence-electron chi connectivity index (χ2n) is 2.90. The Morgan fingerprint density at radius 2 is 2.21 bits per heavy atom. The third kappa shape index (κ3) is 2.72. The zero-order valence-corrected chi connectivity index (χ0v) is 10.4. The summed E-state index contributed by atoms with van der Waals surface area (Å²) in [5.41, 5.74) is 6.27. The SMILES string of the molecule is CCCSc1ccc(CN)c(Br)c1F. The fourth-order valence-corrected chi connectivity index (χ4v) is 2.51. The lowest BCUT2D eigenvalue weighted by molar-refractivity contribution is 0.592. The molecule has 0 aliphatic carbocycles. The van der Waals surface area contributed by atoms with E-state index in [0.29, 0.717) is 15.9 Å². The lowest BCUT2D eigenvalue weighted by Crippen LogP contribution is -1.99. The summed E-state index contributed by atoms with van der Waals surface area (Å²) in [5, 5.41) is 0. The summed E-state index contributed by atoms with van der Waals surface area (Å²) < 4.78 is 14.2. The van der Waals surface area contributed by atoms with Gasteiger partial charge in [0.1, 0.15) is 0 Å². The van der Waals surface area contributed by atoms with Gasteiger partial charge in [-0.2, -0.15) is 0 Å². The molecule has 0 saturated carbocycles. The highest BCUT2D eigenvalue weighted by atomic mass is 79.9. The van der Waals surface area contributed by atoms with Gasteiger partial charge in [-0.05, 0) is 39.7 Å². The maximum Gasteiger partial charge on any atom is 0.151 e. The summed E-state index contributed by atoms with van der Waals surface area (Å²) in [6.07, 6.45) is 1.04. The quantitative estimate of drug-likeness (QED) is 0.852. The van der Waals surface area contributed by atoms with Crippen molar-refractivity contribution in [3.63, 3.8) is 0 Å². The van der Waals surface area contributed by atoms with Crippen LogP contribution in [0.15, 0.2) is 21.5 Å². The topological polar surface area (TPSA) is 26.0 Å². The van der Waals surface area contributed by atoms with E-state index in [9.17, 15) is 4.39 Å². The Kier molecular flexibility index (Phi) is 4.92. The zero-order valence-electron chi connectivity index (χ0n) is 8.02. The Morgan fingerprint density at radius 1 is 1.50 bits per heavy atom. The second kappa shape index (κ2) is 5.73. The van der Waals surface area contributed by atoms with E-state index in [2.05, 4.69) is 22.9 Å². The maximum atomic E-state index is 13.6. The fraction of sp³-hybridized carbons (Fsp3) is 0.400. The first-order valence-electron chi connectivity index (χ1n) is 4.50. The molecule has 0 aliphatic heterocycles. The molecule has 14 heavy (non-hydrogen) atoms. The van der Waals surface area contributed by atoms with E-state index in [-0.39, 0.29) is 5.82 Å². The van der Waals surface area contributed by atoms with Gasteiger partial charge in [-0.25, -0.2) is 4.39 Å². The van der Waals surface area contributed by atoms with Crippen LogP contribution in [0, 0.1) is 5.82 Å². The molecule has 1 nitrogen and oxygen atoms in total. The molecule has 0 radical (unpaired) electrons. The van der Waals surface area contributed by atoms with Crippen molar-refractivity contribution in [2.75, 3.05) is 5.75 Å². The highest BCUT2D eigenvalue weighted by molar-refractivity contribution is 9.10. The minimum atomic E-state index is -0.189. The van der Waals surface area contributed by atoms with Gasteiger partial charge in [0.15, 0.2) is 5.82 Å². The van der Waals surface area contributed by atoms with Crippen LogP contribution in [0.5, 0.6) is 0 Å². The van der Waals surface area contributed by atoms with Crippen LogP contribution in [0.1, 0.15) is 18.9 Å². The number of benzene rings is 1. The molecule has 0 unspecified atom stereocenters. The van der Waals surface area contributed by atoms with Gasteiger partial charge in [0.2, 0.25) is 0 Å². The Bertz CT molecular complexity index is 317. The lowest BCUT2D eigenvalue weighted by Gasteiger charge is -2.07. The average molecular weight is 278 g/mol. The van der Waals surface area contributed by atoms with E-state index in [0.717, 1.165) is 17.7 Å². The van der Waals surface area contributed by atoms with Gasteiger partial charge in [-0.1, -0.05) is 13.0 Å². The van der Waals surface area contributed by atoms with Crippen molar-refractivity contribution in [1.29, 1.82) is 0 Å². The largest absolute Gasteiger partial charge is 0.326 e. The molecule has 2 N–H and O–H groups in total. The lowest BCUT2D eigenvalue weighted by atomic mass is 10.2. The van der Waals surface area contributed by atoms with Gasteiger partial charge < -0.3 is 5.73 Å². The van der Waals surface area contributed by atoms with Crippen molar-refractivity contribution in [2.24, 2.45) is 5.73 Å². The molecule has 0 fully saturated rings. The highest BCUT2D eigenvalue weighted by Gasteiger charge is 2.09. The van der Waals surface area contributed by atoms with Crippen LogP contribution in [0.3, 0.4) is 0 Å². The predicted molar refractivity (Wildman–Crippen MR) is 63.0 cm³/mol. The molecule has 1 rings (SSSR count). The minimum Gasteiger partial charge on any atom is -0.326 e. The van der Waals surface area contributed by atoms with Crippen molar-refractivity contribution in [3.8, 4) is 0 Å². The Balaban J connectivity index is 2.92. The number of thioether (sulfide) groups is 1. The molecular formula is C10H13BrFNS. The van der Waals surface area contributed by atoms with E-state index in [1.807, 2.05) is 6.07 Å². The molecule has 0 aliphatic rings. The first-order valence-corrected chi connectivity index (χ1v) is 6.28. The summed E-state index contributed by atoms with van der Waals surface area (Å²) in [6.45, 7) is 2.43. The zero-order chi connectivity index (χ0) is 10.6. The van der Waals surface area contributed by atoms with Crippen LogP contribution in [0.2, 0.25) is 0 Å². The summed E-state index contributed by atoms with van der Waals surface area (Å²) in [4.78, 5) is 0.691. The maximum absolute atomic E-state index is 13.6. The number of halogens is 2. The third-order valence-electron chi connectivity index (χ3n) is 1.81. The molecule has 78 valence electrons. The van der Waals surface area contributed by atoms with Crippen LogP contribution < -0.4 is 5.73 Å². The van der Waals surface area contributed by atoms with Crippen molar-refractivity contribution in [3.05, 3.63) is 28.0 Å². The van der Waals surface area contributed by atoms with Gasteiger partial charge in [0.25, 0.3) is 0 Å². The normalized spacial score (nSPS) is 10.6. The van der Waals surface area contributed by atoms with Crippen LogP contribution in [-0.2, 0) is 6.54 Å². The summed E-state index contributed by atoms with van der Waals surface area (Å²) in [7, 11) is 0. The molecule has 1 aromatic rings. The molecular weight excluding hydrogens is 265 g/mol. The number of hydrogen-bond acceptors (Lipinski definition) is 2. The Hall–Kier alpha value is -0.0600. The van der Waals surface area contributed by atoms with Crippen LogP contribution in [-0.4, -0.2) is 5.75 Å². The molecule has 4 heteroatoms. The molecule has 1 aromatic carbocycles. The molecule has 0 bridgehead atoms. The van der Waals surface area contributed by atoms with Crippen LogP contribution in [0.4, 0.5) is 4.39 Å². The molecule has 0 atom stereocenters. The highest BCUT2D eigenvalue weighted by Crippen LogP contribution is 2.30. The van der Waals surface area contributed by atoms with E-state index >= 15 is 0 Å². The van der Waals surface area contributed by atoms with Gasteiger partial charge in [0.05, 0.1) is 4.47 Å². The number of rotatable bonds is 4. The van der Waals surface area contributed by atoms with Crippen molar-refractivity contribution >= 4 is 27.7 Å². The average Bonchev–Trinajstić information content (AvgIpc) is 2.20. The van der Waals surface area contributed by atoms with Crippen LogP contribution >= 0.6 is 27.7 Å². The van der Waals surface area contributed by atoms with E-state index in [1.165, 1.54) is 11.8 Å². The monoisotopic (exact) mass is 277 g/mol. The first kappa shape index (κ1) is 12.0.